The summed E-state index contributed by atoms with van der Waals surface area (Å²) in [4.78, 5) is 9.69. The molecule has 0 rings (SSSR count). The Hall–Kier alpha value is -0.990. The zero-order chi connectivity index (χ0) is 7.98. The molecule has 0 aliphatic heterocycles. The number of allylic oxidation sites excluding steroid dienone is 1. The molecule has 3 nitrogen and oxygen atoms in total. The highest BCUT2D eigenvalue weighted by Gasteiger charge is 1.97. The highest BCUT2D eigenvalue weighted by Crippen LogP contribution is 1.99. The smallest absolute Gasteiger partial charge is 0.432 e. The van der Waals surface area contributed by atoms with Gasteiger partial charge in [-0.2, -0.15) is 9.90 Å². The molecule has 0 N–H and O–H groups in total. The second-order valence-electron chi connectivity index (χ2n) is 2.16. The van der Waals surface area contributed by atoms with E-state index in [1.807, 2.05) is 6.92 Å². The first-order valence-corrected chi connectivity index (χ1v) is 3.11. The minimum absolute atomic E-state index is 0.204. The van der Waals surface area contributed by atoms with Crippen molar-refractivity contribution in [2.75, 3.05) is 6.61 Å². The van der Waals surface area contributed by atoms with Crippen molar-refractivity contribution in [3.05, 3.63) is 12.2 Å². The van der Waals surface area contributed by atoms with Gasteiger partial charge in [-0.05, 0) is 19.8 Å². The van der Waals surface area contributed by atoms with Crippen LogP contribution in [0.25, 0.3) is 0 Å². The first-order chi connectivity index (χ1) is 4.63. The lowest BCUT2D eigenvalue weighted by molar-refractivity contribution is 0.0670. The summed E-state index contributed by atoms with van der Waals surface area (Å²) in [6.07, 6.45) is 0.0260. The summed E-state index contributed by atoms with van der Waals surface area (Å²) >= 11 is 0. The number of hydrogen-bond donors (Lipinski definition) is 0. The number of rotatable bonds is 4. The molecule has 0 aromatic rings. The van der Waals surface area contributed by atoms with Crippen LogP contribution in [0, 0.1) is 0 Å². The van der Waals surface area contributed by atoms with Gasteiger partial charge in [0.25, 0.3) is 0 Å². The molecule has 1 radical (unpaired) electrons. The SMILES string of the molecule is C=C(C)CCCOC([O])=O. The molecule has 3 heteroatoms. The molecule has 0 aromatic heterocycles. The van der Waals surface area contributed by atoms with Crippen LogP contribution in [0.3, 0.4) is 0 Å². The van der Waals surface area contributed by atoms with Gasteiger partial charge < -0.3 is 4.74 Å². The van der Waals surface area contributed by atoms with E-state index in [1.165, 1.54) is 0 Å². The molecule has 0 fully saturated rings. The van der Waals surface area contributed by atoms with Crippen LogP contribution in [-0.2, 0) is 9.84 Å². The molecule has 0 saturated carbocycles. The van der Waals surface area contributed by atoms with Crippen LogP contribution in [0.4, 0.5) is 4.79 Å². The van der Waals surface area contributed by atoms with E-state index in [0.717, 1.165) is 12.0 Å². The van der Waals surface area contributed by atoms with E-state index >= 15 is 0 Å². The molecule has 0 aliphatic rings. The Morgan fingerprint density at radius 3 is 2.60 bits per heavy atom. The van der Waals surface area contributed by atoms with Gasteiger partial charge in [0.05, 0.1) is 6.61 Å². The molecule has 0 amide bonds. The summed E-state index contributed by atoms with van der Waals surface area (Å²) in [7, 11) is 0. The summed E-state index contributed by atoms with van der Waals surface area (Å²) in [5, 5.41) is 9.69. The number of carbonyl (C=O) groups is 1. The standard InChI is InChI=1S/C7H11O3/c1-6(2)4-3-5-10-7(8)9/h1,3-5H2,2H3. The fourth-order valence-electron chi connectivity index (χ4n) is 0.529. The van der Waals surface area contributed by atoms with E-state index < -0.39 is 6.16 Å². The van der Waals surface area contributed by atoms with Crippen LogP contribution >= 0.6 is 0 Å². The third-order valence-corrected chi connectivity index (χ3v) is 0.968. The van der Waals surface area contributed by atoms with Gasteiger partial charge in [0.15, 0.2) is 0 Å². The molecule has 0 bridgehead atoms. The van der Waals surface area contributed by atoms with Crippen molar-refractivity contribution in [1.82, 2.24) is 0 Å². The van der Waals surface area contributed by atoms with E-state index in [-0.39, 0.29) is 6.61 Å². The van der Waals surface area contributed by atoms with Crippen molar-refractivity contribution in [2.45, 2.75) is 19.8 Å². The van der Waals surface area contributed by atoms with Crippen molar-refractivity contribution < 1.29 is 14.6 Å². The van der Waals surface area contributed by atoms with Gasteiger partial charge in [-0.1, -0.05) is 5.57 Å². The van der Waals surface area contributed by atoms with Gasteiger partial charge in [0, 0.05) is 0 Å². The predicted octanol–water partition coefficient (Wildman–Crippen LogP) is 1.91. The number of hydrogen-bond acceptors (Lipinski definition) is 2. The predicted molar refractivity (Wildman–Crippen MR) is 36.1 cm³/mol. The average molecular weight is 143 g/mol. The Morgan fingerprint density at radius 1 is 1.60 bits per heavy atom. The largest absolute Gasteiger partial charge is 0.549 e. The highest BCUT2D eigenvalue weighted by atomic mass is 16.7. The van der Waals surface area contributed by atoms with E-state index in [9.17, 15) is 9.90 Å². The fraction of sp³-hybridized carbons (Fsp3) is 0.571. The van der Waals surface area contributed by atoms with Gasteiger partial charge in [0.2, 0.25) is 0 Å². The second kappa shape index (κ2) is 4.85. The average Bonchev–Trinajstić information content (AvgIpc) is 1.79. The molecule has 0 unspecified atom stereocenters. The lowest BCUT2D eigenvalue weighted by Crippen LogP contribution is -1.99. The van der Waals surface area contributed by atoms with Gasteiger partial charge in [0.1, 0.15) is 0 Å². The van der Waals surface area contributed by atoms with Crippen LogP contribution in [0.5, 0.6) is 0 Å². The van der Waals surface area contributed by atoms with Gasteiger partial charge in [-0.3, -0.25) is 0 Å². The zero-order valence-corrected chi connectivity index (χ0v) is 6.05. The quantitative estimate of drug-likeness (QED) is 0.343. The maximum absolute atomic E-state index is 9.69. The minimum atomic E-state index is -1.46. The van der Waals surface area contributed by atoms with Crippen LogP contribution in [0.2, 0.25) is 0 Å². The third-order valence-electron chi connectivity index (χ3n) is 0.968. The topological polar surface area (TPSA) is 46.2 Å². The lowest BCUT2D eigenvalue weighted by Gasteiger charge is -1.97. The molecule has 0 saturated heterocycles. The van der Waals surface area contributed by atoms with Crippen LogP contribution in [-0.4, -0.2) is 12.8 Å². The monoisotopic (exact) mass is 143 g/mol. The van der Waals surface area contributed by atoms with Gasteiger partial charge in [-0.25, -0.2) is 0 Å². The zero-order valence-electron chi connectivity index (χ0n) is 6.05. The maximum atomic E-state index is 9.69. The fourth-order valence-corrected chi connectivity index (χ4v) is 0.529. The van der Waals surface area contributed by atoms with Gasteiger partial charge >= 0.3 is 6.16 Å². The molecule has 10 heavy (non-hydrogen) atoms. The number of carbonyl (C=O) groups excluding carboxylic acids is 1. The van der Waals surface area contributed by atoms with Crippen LogP contribution in [0.1, 0.15) is 19.8 Å². The second-order valence-corrected chi connectivity index (χ2v) is 2.16. The molecule has 0 heterocycles. The van der Waals surface area contributed by atoms with Crippen molar-refractivity contribution in [1.29, 1.82) is 0 Å². The molecular formula is C7H11O3. The van der Waals surface area contributed by atoms with Crippen molar-refractivity contribution >= 4 is 6.16 Å². The summed E-state index contributed by atoms with van der Waals surface area (Å²) in [5.74, 6) is 0. The Bertz CT molecular complexity index is 113. The Balaban J connectivity index is 3.06. The molecule has 0 spiro atoms. The van der Waals surface area contributed by atoms with E-state index in [4.69, 9.17) is 0 Å². The first kappa shape index (κ1) is 9.01. The normalized spacial score (nSPS) is 8.90. The molecule has 0 atom stereocenters. The summed E-state index contributed by atoms with van der Waals surface area (Å²) in [5.41, 5.74) is 1.03. The molecule has 0 aliphatic carbocycles. The van der Waals surface area contributed by atoms with Crippen LogP contribution < -0.4 is 0 Å². The number of ether oxygens (including phenoxy) is 1. The summed E-state index contributed by atoms with van der Waals surface area (Å²) in [6, 6.07) is 0. The van der Waals surface area contributed by atoms with Gasteiger partial charge in [-0.15, -0.1) is 6.58 Å². The highest BCUT2D eigenvalue weighted by molar-refractivity contribution is 5.56. The van der Waals surface area contributed by atoms with E-state index in [1.54, 1.807) is 0 Å². The van der Waals surface area contributed by atoms with E-state index in [2.05, 4.69) is 11.3 Å². The Labute approximate surface area is 60.3 Å². The van der Waals surface area contributed by atoms with Crippen molar-refractivity contribution in [2.24, 2.45) is 0 Å². The molecule has 0 aromatic carbocycles. The summed E-state index contributed by atoms with van der Waals surface area (Å²) in [6.45, 7) is 5.74. The Morgan fingerprint density at radius 2 is 2.20 bits per heavy atom. The first-order valence-electron chi connectivity index (χ1n) is 3.11. The molecule has 57 valence electrons. The third kappa shape index (κ3) is 7.01. The van der Waals surface area contributed by atoms with E-state index in [0.29, 0.717) is 6.42 Å². The molecular weight excluding hydrogens is 132 g/mol. The van der Waals surface area contributed by atoms with Crippen molar-refractivity contribution in [3.63, 3.8) is 0 Å². The van der Waals surface area contributed by atoms with Crippen LogP contribution in [0.15, 0.2) is 12.2 Å². The van der Waals surface area contributed by atoms with Crippen molar-refractivity contribution in [3.8, 4) is 0 Å². The lowest BCUT2D eigenvalue weighted by atomic mass is 10.2. The maximum Gasteiger partial charge on any atom is 0.549 e. The Kier molecular flexibility index (Phi) is 4.37. The minimum Gasteiger partial charge on any atom is -0.432 e. The summed E-state index contributed by atoms with van der Waals surface area (Å²) < 4.78 is 4.16.